The molecule has 3 heteroatoms. The molecule has 0 aromatic heterocycles. The first kappa shape index (κ1) is 11.6. The molecule has 12 heavy (non-hydrogen) atoms. The van der Waals surface area contributed by atoms with Gasteiger partial charge in [0.25, 0.3) is 0 Å². The molecule has 0 spiro atoms. The summed E-state index contributed by atoms with van der Waals surface area (Å²) >= 11 is 0. The molecule has 0 saturated carbocycles. The minimum absolute atomic E-state index is 0.326. The van der Waals surface area contributed by atoms with Crippen molar-refractivity contribution in [2.75, 3.05) is 20.6 Å². The average molecular weight is 171 g/mol. The molecule has 3 N–H and O–H groups in total. The van der Waals surface area contributed by atoms with E-state index in [1.807, 2.05) is 14.1 Å². The average Bonchev–Trinajstić information content (AvgIpc) is 2.02. The lowest BCUT2D eigenvalue weighted by molar-refractivity contribution is 0.337. The van der Waals surface area contributed by atoms with Gasteiger partial charge in [-0.2, -0.15) is 0 Å². The standard InChI is InChI=1S/C9H21N3/c1-5-8(2)6-9(11-10)7-12(3)4/h9,11H,2,5-7,10H2,1,3-4H3. The normalized spacial score (nSPS) is 13.4. The van der Waals surface area contributed by atoms with Crippen molar-refractivity contribution >= 4 is 0 Å². The lowest BCUT2D eigenvalue weighted by Gasteiger charge is -2.20. The van der Waals surface area contributed by atoms with Crippen molar-refractivity contribution in [3.05, 3.63) is 12.2 Å². The fourth-order valence-corrected chi connectivity index (χ4v) is 1.11. The van der Waals surface area contributed by atoms with Crippen LogP contribution in [0.15, 0.2) is 12.2 Å². The summed E-state index contributed by atoms with van der Waals surface area (Å²) in [4.78, 5) is 2.12. The third-order valence-corrected chi connectivity index (χ3v) is 1.86. The molecule has 3 nitrogen and oxygen atoms in total. The number of hydrazine groups is 1. The zero-order valence-electron chi connectivity index (χ0n) is 8.43. The zero-order valence-corrected chi connectivity index (χ0v) is 8.43. The maximum atomic E-state index is 5.41. The summed E-state index contributed by atoms with van der Waals surface area (Å²) in [5.41, 5.74) is 4.05. The highest BCUT2D eigenvalue weighted by Gasteiger charge is 2.07. The SMILES string of the molecule is C=C(CC)CC(CN(C)C)NN. The quantitative estimate of drug-likeness (QED) is 0.352. The Morgan fingerprint density at radius 2 is 2.17 bits per heavy atom. The number of nitrogens with zero attached hydrogens (tertiary/aromatic N) is 1. The summed E-state index contributed by atoms with van der Waals surface area (Å²) in [6.07, 6.45) is 2.00. The smallest absolute Gasteiger partial charge is 0.0374 e. The number of rotatable bonds is 6. The van der Waals surface area contributed by atoms with Crippen LogP contribution in [-0.4, -0.2) is 31.6 Å². The maximum absolute atomic E-state index is 5.41. The number of nitrogens with two attached hydrogens (primary N) is 1. The largest absolute Gasteiger partial charge is 0.308 e. The third kappa shape index (κ3) is 5.29. The highest BCUT2D eigenvalue weighted by molar-refractivity contribution is 4.96. The van der Waals surface area contributed by atoms with Crippen molar-refractivity contribution in [1.29, 1.82) is 0 Å². The number of nitrogens with one attached hydrogen (secondary N) is 1. The van der Waals surface area contributed by atoms with Gasteiger partial charge < -0.3 is 4.90 Å². The topological polar surface area (TPSA) is 41.3 Å². The molecule has 1 unspecified atom stereocenters. The van der Waals surface area contributed by atoms with Crippen LogP contribution in [0.1, 0.15) is 19.8 Å². The van der Waals surface area contributed by atoms with Crippen LogP contribution in [0.4, 0.5) is 0 Å². The first-order valence-corrected chi connectivity index (χ1v) is 4.37. The molecule has 0 heterocycles. The summed E-state index contributed by atoms with van der Waals surface area (Å²) in [5, 5.41) is 0. The molecular weight excluding hydrogens is 150 g/mol. The highest BCUT2D eigenvalue weighted by atomic mass is 15.3. The maximum Gasteiger partial charge on any atom is 0.0374 e. The van der Waals surface area contributed by atoms with Crippen molar-refractivity contribution in [1.82, 2.24) is 10.3 Å². The van der Waals surface area contributed by atoms with Gasteiger partial charge in [-0.1, -0.05) is 19.1 Å². The summed E-state index contributed by atoms with van der Waals surface area (Å²) in [6.45, 7) is 7.02. The van der Waals surface area contributed by atoms with Gasteiger partial charge in [0.2, 0.25) is 0 Å². The number of hydrogen-bond donors (Lipinski definition) is 2. The van der Waals surface area contributed by atoms with E-state index in [-0.39, 0.29) is 0 Å². The van der Waals surface area contributed by atoms with E-state index >= 15 is 0 Å². The van der Waals surface area contributed by atoms with E-state index in [1.54, 1.807) is 0 Å². The minimum Gasteiger partial charge on any atom is -0.308 e. The summed E-state index contributed by atoms with van der Waals surface area (Å²) in [6, 6.07) is 0.326. The molecule has 0 aliphatic rings. The Labute approximate surface area is 75.6 Å². The van der Waals surface area contributed by atoms with E-state index in [4.69, 9.17) is 5.84 Å². The van der Waals surface area contributed by atoms with Gasteiger partial charge in [0.1, 0.15) is 0 Å². The molecule has 0 aromatic carbocycles. The monoisotopic (exact) mass is 171 g/mol. The van der Waals surface area contributed by atoms with E-state index < -0.39 is 0 Å². The molecule has 0 rings (SSSR count). The third-order valence-electron chi connectivity index (χ3n) is 1.86. The van der Waals surface area contributed by atoms with Crippen molar-refractivity contribution in [3.63, 3.8) is 0 Å². The Morgan fingerprint density at radius 3 is 2.50 bits per heavy atom. The molecule has 0 aliphatic heterocycles. The van der Waals surface area contributed by atoms with E-state index in [0.29, 0.717) is 6.04 Å². The van der Waals surface area contributed by atoms with Crippen LogP contribution in [-0.2, 0) is 0 Å². The van der Waals surface area contributed by atoms with Crippen molar-refractivity contribution in [2.24, 2.45) is 5.84 Å². The van der Waals surface area contributed by atoms with Gasteiger partial charge in [0.15, 0.2) is 0 Å². The first-order valence-electron chi connectivity index (χ1n) is 4.37. The second-order valence-electron chi connectivity index (χ2n) is 3.43. The Hall–Kier alpha value is -0.380. The van der Waals surface area contributed by atoms with Crippen LogP contribution < -0.4 is 11.3 Å². The first-order chi connectivity index (χ1) is 5.60. The fourth-order valence-electron chi connectivity index (χ4n) is 1.11. The molecular formula is C9H21N3. The van der Waals surface area contributed by atoms with Gasteiger partial charge in [0.05, 0.1) is 0 Å². The van der Waals surface area contributed by atoms with Crippen LogP contribution >= 0.6 is 0 Å². The van der Waals surface area contributed by atoms with Crippen LogP contribution in [0.3, 0.4) is 0 Å². The Morgan fingerprint density at radius 1 is 1.58 bits per heavy atom. The summed E-state index contributed by atoms with van der Waals surface area (Å²) < 4.78 is 0. The molecule has 0 amide bonds. The summed E-state index contributed by atoms with van der Waals surface area (Å²) in [7, 11) is 4.08. The van der Waals surface area contributed by atoms with Gasteiger partial charge in [-0.3, -0.25) is 11.3 Å². The Bertz CT molecular complexity index is 132. The van der Waals surface area contributed by atoms with E-state index in [1.165, 1.54) is 5.57 Å². The molecule has 0 aromatic rings. The zero-order chi connectivity index (χ0) is 9.56. The molecule has 0 radical (unpaired) electrons. The van der Waals surface area contributed by atoms with E-state index in [9.17, 15) is 0 Å². The predicted octanol–water partition coefficient (Wildman–Crippen LogP) is 0.736. The molecule has 0 saturated heterocycles. The van der Waals surface area contributed by atoms with Crippen molar-refractivity contribution in [2.45, 2.75) is 25.8 Å². The van der Waals surface area contributed by atoms with Crippen molar-refractivity contribution in [3.8, 4) is 0 Å². The molecule has 1 atom stereocenters. The second kappa shape index (κ2) is 6.17. The molecule has 0 bridgehead atoms. The fraction of sp³-hybridized carbons (Fsp3) is 0.778. The van der Waals surface area contributed by atoms with Gasteiger partial charge >= 0.3 is 0 Å². The molecule has 0 aliphatic carbocycles. The molecule has 72 valence electrons. The number of likely N-dealkylation sites (N-methyl/N-ethyl adjacent to an activating group) is 1. The van der Waals surface area contributed by atoms with E-state index in [2.05, 4.69) is 23.8 Å². The Balaban J connectivity index is 3.74. The predicted molar refractivity (Wildman–Crippen MR) is 53.7 cm³/mol. The van der Waals surface area contributed by atoms with Gasteiger partial charge in [-0.05, 0) is 26.9 Å². The van der Waals surface area contributed by atoms with Crippen molar-refractivity contribution < 1.29 is 0 Å². The highest BCUT2D eigenvalue weighted by Crippen LogP contribution is 2.06. The van der Waals surface area contributed by atoms with Crippen LogP contribution in [0.2, 0.25) is 0 Å². The lowest BCUT2D eigenvalue weighted by atomic mass is 10.1. The minimum atomic E-state index is 0.326. The van der Waals surface area contributed by atoms with Gasteiger partial charge in [-0.15, -0.1) is 0 Å². The Kier molecular flexibility index (Phi) is 5.98. The van der Waals surface area contributed by atoms with E-state index in [0.717, 1.165) is 19.4 Å². The lowest BCUT2D eigenvalue weighted by Crippen LogP contribution is -2.42. The van der Waals surface area contributed by atoms with Crippen LogP contribution in [0.25, 0.3) is 0 Å². The van der Waals surface area contributed by atoms with Gasteiger partial charge in [-0.25, -0.2) is 0 Å². The van der Waals surface area contributed by atoms with Crippen LogP contribution in [0, 0.1) is 0 Å². The summed E-state index contributed by atoms with van der Waals surface area (Å²) in [5.74, 6) is 5.41. The second-order valence-corrected chi connectivity index (χ2v) is 3.43. The van der Waals surface area contributed by atoms with Gasteiger partial charge in [0, 0.05) is 12.6 Å². The number of hydrogen-bond acceptors (Lipinski definition) is 3. The molecule has 0 fully saturated rings. The van der Waals surface area contributed by atoms with Crippen LogP contribution in [0.5, 0.6) is 0 Å².